The van der Waals surface area contributed by atoms with Gasteiger partial charge in [0.1, 0.15) is 5.60 Å². The highest BCUT2D eigenvalue weighted by Crippen LogP contribution is 2.30. The number of ether oxygens (including phenoxy) is 1. The molecule has 136 valence electrons. The van der Waals surface area contributed by atoms with Crippen LogP contribution in [0.25, 0.3) is 0 Å². The van der Waals surface area contributed by atoms with E-state index in [4.69, 9.17) is 9.15 Å². The Labute approximate surface area is 145 Å². The van der Waals surface area contributed by atoms with Crippen LogP contribution in [0.15, 0.2) is 4.42 Å². The first-order chi connectivity index (χ1) is 11.7. The molecule has 2 saturated heterocycles. The van der Waals surface area contributed by atoms with Crippen molar-refractivity contribution in [3.63, 3.8) is 0 Å². The molecule has 0 bridgehead atoms. The second-order valence-electron chi connectivity index (χ2n) is 7.36. The van der Waals surface area contributed by atoms with Crippen LogP contribution in [0.2, 0.25) is 0 Å². The van der Waals surface area contributed by atoms with E-state index in [1.807, 2.05) is 20.8 Å². The fourth-order valence-electron chi connectivity index (χ4n) is 2.89. The maximum absolute atomic E-state index is 12.1. The molecule has 2 fully saturated rings. The number of anilines is 1. The summed E-state index contributed by atoms with van der Waals surface area (Å²) in [5.41, 5.74) is -0.519. The van der Waals surface area contributed by atoms with Crippen molar-refractivity contribution >= 4 is 23.8 Å². The van der Waals surface area contributed by atoms with Crippen LogP contribution in [0.5, 0.6) is 0 Å². The zero-order valence-corrected chi connectivity index (χ0v) is 14.7. The molecule has 1 aromatic rings. The van der Waals surface area contributed by atoms with Gasteiger partial charge in [-0.2, -0.15) is 0 Å². The van der Waals surface area contributed by atoms with Crippen molar-refractivity contribution in [1.29, 1.82) is 0 Å². The van der Waals surface area contributed by atoms with Crippen molar-refractivity contribution in [2.45, 2.75) is 51.6 Å². The Kier molecular flexibility index (Phi) is 4.49. The zero-order valence-electron chi connectivity index (χ0n) is 14.7. The lowest BCUT2D eigenvalue weighted by Crippen LogP contribution is -2.41. The van der Waals surface area contributed by atoms with E-state index in [2.05, 4.69) is 10.2 Å². The third kappa shape index (κ3) is 3.97. The summed E-state index contributed by atoms with van der Waals surface area (Å²) in [4.78, 5) is 38.0. The largest absolute Gasteiger partial charge is 0.444 e. The van der Waals surface area contributed by atoms with Gasteiger partial charge in [-0.3, -0.25) is 14.5 Å². The van der Waals surface area contributed by atoms with Crippen molar-refractivity contribution in [3.8, 4) is 0 Å². The number of carbonyl (C=O) groups excluding carboxylic acids is 3. The average molecular weight is 350 g/mol. The standard InChI is InChI=1S/C16H22N4O5/c1-16(2,3)25-15(23)19-6-4-10(5-7-19)13-17-18-14(24-13)20-9-11(21)8-12(20)22/h10H,4-9H2,1-3H3. The molecule has 0 unspecified atom stereocenters. The van der Waals surface area contributed by atoms with Crippen LogP contribution in [-0.2, 0) is 14.3 Å². The molecule has 1 aromatic heterocycles. The third-order valence-electron chi connectivity index (χ3n) is 4.14. The van der Waals surface area contributed by atoms with E-state index in [-0.39, 0.29) is 42.7 Å². The van der Waals surface area contributed by atoms with Crippen LogP contribution in [0.3, 0.4) is 0 Å². The molecule has 9 heteroatoms. The van der Waals surface area contributed by atoms with Gasteiger partial charge in [-0.05, 0) is 33.6 Å². The van der Waals surface area contributed by atoms with Gasteiger partial charge in [0.05, 0.1) is 13.0 Å². The quantitative estimate of drug-likeness (QED) is 0.744. The van der Waals surface area contributed by atoms with Gasteiger partial charge in [0.25, 0.3) is 0 Å². The van der Waals surface area contributed by atoms with E-state index in [0.717, 1.165) is 0 Å². The number of nitrogens with zero attached hydrogens (tertiary/aromatic N) is 4. The van der Waals surface area contributed by atoms with Crippen molar-refractivity contribution < 1.29 is 23.5 Å². The van der Waals surface area contributed by atoms with Gasteiger partial charge >= 0.3 is 12.1 Å². The first-order valence-corrected chi connectivity index (χ1v) is 8.36. The van der Waals surface area contributed by atoms with Crippen LogP contribution in [0, 0.1) is 0 Å². The molecule has 25 heavy (non-hydrogen) atoms. The van der Waals surface area contributed by atoms with E-state index in [9.17, 15) is 14.4 Å². The Morgan fingerprint density at radius 1 is 1.20 bits per heavy atom. The van der Waals surface area contributed by atoms with E-state index >= 15 is 0 Å². The van der Waals surface area contributed by atoms with Crippen molar-refractivity contribution in [1.82, 2.24) is 15.1 Å². The minimum absolute atomic E-state index is 0.0163. The van der Waals surface area contributed by atoms with E-state index in [0.29, 0.717) is 31.8 Å². The van der Waals surface area contributed by atoms with Gasteiger partial charge in [-0.25, -0.2) is 4.79 Å². The molecule has 0 aliphatic carbocycles. The van der Waals surface area contributed by atoms with Crippen molar-refractivity contribution in [2.24, 2.45) is 0 Å². The molecule has 3 heterocycles. The van der Waals surface area contributed by atoms with Crippen LogP contribution < -0.4 is 4.90 Å². The monoisotopic (exact) mass is 350 g/mol. The average Bonchev–Trinajstić information content (AvgIpc) is 3.12. The summed E-state index contributed by atoms with van der Waals surface area (Å²) < 4.78 is 11.0. The maximum atomic E-state index is 12.1. The SMILES string of the molecule is CC(C)(C)OC(=O)N1CCC(c2nnc(N3CC(=O)CC3=O)o2)CC1. The summed E-state index contributed by atoms with van der Waals surface area (Å²) in [6, 6.07) is 0.0698. The topological polar surface area (TPSA) is 106 Å². The predicted octanol–water partition coefficient (Wildman–Crippen LogP) is 1.49. The molecule has 0 spiro atoms. The lowest BCUT2D eigenvalue weighted by molar-refractivity contribution is -0.121. The van der Waals surface area contributed by atoms with E-state index in [1.54, 1.807) is 4.90 Å². The van der Waals surface area contributed by atoms with E-state index < -0.39 is 5.60 Å². The van der Waals surface area contributed by atoms with Gasteiger partial charge in [0.15, 0.2) is 5.78 Å². The summed E-state index contributed by atoms with van der Waals surface area (Å²) in [5, 5.41) is 7.91. The lowest BCUT2D eigenvalue weighted by atomic mass is 9.97. The zero-order chi connectivity index (χ0) is 18.2. The molecule has 2 aliphatic rings. The molecule has 0 N–H and O–H groups in total. The Balaban J connectivity index is 1.58. The molecule has 9 nitrogen and oxygen atoms in total. The smallest absolute Gasteiger partial charge is 0.410 e. The number of ketones is 1. The molecular formula is C16H22N4O5. The van der Waals surface area contributed by atoms with Crippen LogP contribution >= 0.6 is 0 Å². The Morgan fingerprint density at radius 2 is 1.88 bits per heavy atom. The molecule has 0 aromatic carbocycles. The van der Waals surface area contributed by atoms with Crippen LogP contribution in [0.4, 0.5) is 10.8 Å². The highest BCUT2D eigenvalue weighted by atomic mass is 16.6. The van der Waals surface area contributed by atoms with Crippen molar-refractivity contribution in [2.75, 3.05) is 24.5 Å². The maximum Gasteiger partial charge on any atom is 0.410 e. The van der Waals surface area contributed by atoms with Gasteiger partial charge < -0.3 is 14.1 Å². The number of Topliss-reactive ketones (excluding diaryl/α,β-unsaturated/α-hetero) is 1. The second kappa shape index (κ2) is 6.45. The number of rotatable bonds is 2. The Bertz CT molecular complexity index is 685. The fourth-order valence-corrected chi connectivity index (χ4v) is 2.89. The first kappa shape index (κ1) is 17.4. The number of hydrogen-bond acceptors (Lipinski definition) is 7. The molecule has 0 saturated carbocycles. The molecule has 0 atom stereocenters. The molecule has 0 radical (unpaired) electrons. The molecular weight excluding hydrogens is 328 g/mol. The van der Waals surface area contributed by atoms with E-state index in [1.165, 1.54) is 4.90 Å². The summed E-state index contributed by atoms with van der Waals surface area (Å²) >= 11 is 0. The highest BCUT2D eigenvalue weighted by Gasteiger charge is 2.34. The second-order valence-corrected chi connectivity index (χ2v) is 7.36. The molecule has 3 rings (SSSR count). The summed E-state index contributed by atoms with van der Waals surface area (Å²) in [5.74, 6) is -0.0188. The summed E-state index contributed by atoms with van der Waals surface area (Å²) in [7, 11) is 0. The van der Waals surface area contributed by atoms with Gasteiger partial charge in [0, 0.05) is 19.0 Å². The van der Waals surface area contributed by atoms with Crippen LogP contribution in [-0.4, -0.2) is 58.1 Å². The first-order valence-electron chi connectivity index (χ1n) is 8.36. The number of amides is 2. The number of hydrogen-bond donors (Lipinski definition) is 0. The Hall–Kier alpha value is -2.45. The van der Waals surface area contributed by atoms with Gasteiger partial charge in [-0.1, -0.05) is 5.10 Å². The number of carbonyl (C=O) groups is 3. The highest BCUT2D eigenvalue weighted by molar-refractivity contribution is 6.14. The predicted molar refractivity (Wildman–Crippen MR) is 86.1 cm³/mol. The van der Waals surface area contributed by atoms with Crippen molar-refractivity contribution in [3.05, 3.63) is 5.89 Å². The number of likely N-dealkylation sites (tertiary alicyclic amines) is 1. The van der Waals surface area contributed by atoms with Gasteiger partial charge in [0.2, 0.25) is 11.8 Å². The minimum Gasteiger partial charge on any atom is -0.444 e. The third-order valence-corrected chi connectivity index (χ3v) is 4.14. The minimum atomic E-state index is -0.519. The van der Waals surface area contributed by atoms with Gasteiger partial charge in [-0.15, -0.1) is 5.10 Å². The summed E-state index contributed by atoms with van der Waals surface area (Å²) in [6.07, 6.45) is 0.909. The van der Waals surface area contributed by atoms with Crippen LogP contribution in [0.1, 0.15) is 51.8 Å². The lowest BCUT2D eigenvalue weighted by Gasteiger charge is -2.32. The normalized spacial score (nSPS) is 19.6. The number of piperidine rings is 1. The fraction of sp³-hybridized carbons (Fsp3) is 0.688. The Morgan fingerprint density at radius 3 is 2.44 bits per heavy atom. The number of aromatic nitrogens is 2. The molecule has 2 amide bonds. The molecule has 2 aliphatic heterocycles. The summed E-state index contributed by atoms with van der Waals surface area (Å²) in [6.45, 7) is 6.57.